The van der Waals surface area contributed by atoms with E-state index in [1.807, 2.05) is 43.6 Å². The number of amides is 1. The lowest BCUT2D eigenvalue weighted by atomic mass is 9.53. The molecule has 6 aromatic rings. The third-order valence-corrected chi connectivity index (χ3v) is 21.6. The zero-order valence-corrected chi connectivity index (χ0v) is 52.4. The SMILES string of the molecule is COc1cc(CN2CCN([C@@H]3CC4(CCN(c5ccc(C(=O)NS(=O)(=O)c6ccc(NC[C@H]7CC[C@](C)(O)CC7)c([N+](=O)[O-])c6)c(N6c7cc8cc[nH]c8nc7O[C@H]7COCC[C@@H]76)c5)CC4)[C@@H]3C)[C@@H](c3ccccc3OC(C)C)C2)cnc1N1CCOCC1. The van der Waals surface area contributed by atoms with Crippen molar-refractivity contribution in [3.63, 3.8) is 0 Å². The van der Waals surface area contributed by atoms with Crippen LogP contribution in [0, 0.1) is 27.4 Å². The van der Waals surface area contributed by atoms with Gasteiger partial charge in [0.15, 0.2) is 11.6 Å². The van der Waals surface area contributed by atoms with E-state index in [2.05, 4.69) is 90.6 Å². The highest BCUT2D eigenvalue weighted by Crippen LogP contribution is 2.58. The molecule has 474 valence electrons. The predicted molar refractivity (Wildman–Crippen MR) is 339 cm³/mol. The molecule has 8 heterocycles. The zero-order chi connectivity index (χ0) is 61.8. The molecule has 23 heteroatoms. The maximum absolute atomic E-state index is 14.9. The van der Waals surface area contributed by atoms with Crippen LogP contribution in [0.5, 0.6) is 17.4 Å². The molecule has 7 aliphatic rings. The molecule has 3 aromatic heterocycles. The van der Waals surface area contributed by atoms with Crippen LogP contribution in [-0.2, 0) is 26.0 Å². The lowest BCUT2D eigenvalue weighted by Crippen LogP contribution is -2.64. The molecule has 1 amide bonds. The van der Waals surface area contributed by atoms with E-state index in [1.165, 1.54) is 17.7 Å². The van der Waals surface area contributed by atoms with E-state index in [4.69, 9.17) is 33.7 Å². The number of carbonyl (C=O) groups is 1. The number of rotatable bonds is 17. The van der Waals surface area contributed by atoms with E-state index >= 15 is 0 Å². The van der Waals surface area contributed by atoms with E-state index < -0.39 is 43.1 Å². The molecule has 13 rings (SSSR count). The largest absolute Gasteiger partial charge is 0.493 e. The van der Waals surface area contributed by atoms with E-state index in [0.29, 0.717) is 80.5 Å². The Labute approximate surface area is 520 Å². The minimum Gasteiger partial charge on any atom is -0.493 e. The number of methoxy groups -OCH3 is 1. The summed E-state index contributed by atoms with van der Waals surface area (Å²) in [5.74, 6) is 2.61. The summed E-state index contributed by atoms with van der Waals surface area (Å²) in [6.07, 6.45) is 9.68. The van der Waals surface area contributed by atoms with Crippen LogP contribution in [0.2, 0.25) is 0 Å². The van der Waals surface area contributed by atoms with Crippen LogP contribution in [0.15, 0.2) is 96.2 Å². The molecule has 0 bridgehead atoms. The third-order valence-electron chi connectivity index (χ3n) is 20.2. The number of H-pyrrole nitrogens is 1. The summed E-state index contributed by atoms with van der Waals surface area (Å²) in [6.45, 7) is 17.4. The Kier molecular flexibility index (Phi) is 16.9. The Bertz CT molecular complexity index is 3690. The molecule has 4 saturated heterocycles. The molecule has 2 saturated carbocycles. The standard InChI is InChI=1S/C66H83N11O11S/c1-42(2)87-58-9-7-6-8-49(58)57-40-72(39-45-32-59(84-5)62(69-38-45)74-27-30-85-31-28-74)25-26-75(57)56-36-66(43(56)3)20-23-73(24-21-66)47-10-12-50(53(34-47)76-52-17-29-86-41-60(52)88-64-55(76)33-46-16-22-67-61(46)70-64)63(78)71-89(82,83)48-11-13-51(54(35-48)77(80)81)68-37-44-14-18-65(4,79)19-15-44/h6-13,16,22,32-35,38,42-44,52,56-57,60,68,79H,14-15,17-21,23-31,36-37,39-41H2,1-5H3,(H,67,70)(H,71,78)/t43-,44-,52+,56-,57-,60+,65-/m1/s1. The first-order valence-electron chi connectivity index (χ1n) is 31.7. The zero-order valence-electron chi connectivity index (χ0n) is 51.6. The highest BCUT2D eigenvalue weighted by Gasteiger charge is 2.56. The summed E-state index contributed by atoms with van der Waals surface area (Å²) in [7, 11) is -2.94. The minimum atomic E-state index is -4.66. The molecule has 22 nitrogen and oxygen atoms in total. The molecule has 1 spiro atoms. The summed E-state index contributed by atoms with van der Waals surface area (Å²) in [5, 5.41) is 26.9. The number of aromatic nitrogens is 3. The van der Waals surface area contributed by atoms with Crippen molar-refractivity contribution >= 4 is 61.2 Å². The number of pyridine rings is 2. The molecule has 4 N–H and O–H groups in total. The number of piperidine rings is 1. The highest BCUT2D eigenvalue weighted by molar-refractivity contribution is 7.90. The van der Waals surface area contributed by atoms with Gasteiger partial charge in [-0.25, -0.2) is 18.1 Å². The molecular weight excluding hydrogens is 1150 g/mol. The van der Waals surface area contributed by atoms with Gasteiger partial charge < -0.3 is 53.8 Å². The number of anilines is 5. The van der Waals surface area contributed by atoms with Gasteiger partial charge in [-0.15, -0.1) is 0 Å². The van der Waals surface area contributed by atoms with Gasteiger partial charge in [0.1, 0.15) is 28.9 Å². The van der Waals surface area contributed by atoms with E-state index in [1.54, 1.807) is 13.2 Å². The maximum atomic E-state index is 14.9. The number of benzene rings is 3. The monoisotopic (exact) mass is 1240 g/mol. The molecule has 5 atom stereocenters. The number of carbonyl (C=O) groups excluding carboxylic acids is 1. The van der Waals surface area contributed by atoms with Crippen LogP contribution < -0.4 is 38.9 Å². The Morgan fingerprint density at radius 2 is 1.70 bits per heavy atom. The highest BCUT2D eigenvalue weighted by atomic mass is 32.2. The Balaban J connectivity index is 0.754. The van der Waals surface area contributed by atoms with Crippen molar-refractivity contribution in [1.82, 2.24) is 29.5 Å². The Morgan fingerprint density at radius 1 is 0.899 bits per heavy atom. The smallest absolute Gasteiger partial charge is 0.293 e. The second-order valence-corrected chi connectivity index (χ2v) is 27.8. The number of aromatic amines is 1. The van der Waals surface area contributed by atoms with Gasteiger partial charge in [-0.2, -0.15) is 4.98 Å². The number of ether oxygens (including phenoxy) is 5. The molecule has 0 radical (unpaired) electrons. The maximum Gasteiger partial charge on any atom is 0.293 e. The van der Waals surface area contributed by atoms with Crippen LogP contribution in [0.1, 0.15) is 107 Å². The lowest BCUT2D eigenvalue weighted by molar-refractivity contribution is -0.384. The third kappa shape index (κ3) is 12.3. The number of nitrogens with one attached hydrogen (secondary N) is 3. The van der Waals surface area contributed by atoms with Crippen molar-refractivity contribution in [3.8, 4) is 17.4 Å². The van der Waals surface area contributed by atoms with Gasteiger partial charge in [0.25, 0.3) is 21.6 Å². The van der Waals surface area contributed by atoms with E-state index in [0.717, 1.165) is 124 Å². The van der Waals surface area contributed by atoms with Gasteiger partial charge in [0.2, 0.25) is 5.88 Å². The average molecular weight is 1240 g/mol. The number of fused-ring (bicyclic) bond motifs is 3. The van der Waals surface area contributed by atoms with Crippen molar-refractivity contribution in [2.24, 2.45) is 17.3 Å². The molecule has 5 aliphatic heterocycles. The predicted octanol–water partition coefficient (Wildman–Crippen LogP) is 9.21. The van der Waals surface area contributed by atoms with Crippen LogP contribution in [0.3, 0.4) is 0 Å². The lowest BCUT2D eigenvalue weighted by Gasteiger charge is -2.62. The Hall–Kier alpha value is -7.28. The van der Waals surface area contributed by atoms with E-state index in [9.17, 15) is 28.4 Å². The number of nitro groups is 1. The average Bonchev–Trinajstić information content (AvgIpc) is 0.913. The molecule has 0 unspecified atom stereocenters. The van der Waals surface area contributed by atoms with Gasteiger partial charge >= 0.3 is 0 Å². The number of aliphatic hydroxyl groups is 1. The second-order valence-electron chi connectivity index (χ2n) is 26.2. The number of hydrogen-bond acceptors (Lipinski definition) is 19. The van der Waals surface area contributed by atoms with Crippen molar-refractivity contribution < 1.29 is 46.9 Å². The molecule has 2 aliphatic carbocycles. The molecule has 3 aromatic carbocycles. The van der Waals surface area contributed by atoms with Crippen molar-refractivity contribution in [2.75, 3.05) is 106 Å². The number of piperazine rings is 1. The first kappa shape index (κ1) is 60.6. The van der Waals surface area contributed by atoms with Crippen LogP contribution in [0.25, 0.3) is 11.0 Å². The fourth-order valence-electron chi connectivity index (χ4n) is 15.1. The molecular formula is C66H83N11O11S. The number of para-hydroxylation sites is 1. The molecule has 6 fully saturated rings. The quantitative estimate of drug-likeness (QED) is 0.0491. The van der Waals surface area contributed by atoms with Crippen LogP contribution >= 0.6 is 0 Å². The summed E-state index contributed by atoms with van der Waals surface area (Å²) in [4.78, 5) is 51.4. The van der Waals surface area contributed by atoms with Gasteiger partial charge in [0.05, 0.1) is 71.8 Å². The van der Waals surface area contributed by atoms with Gasteiger partial charge in [-0.05, 0) is 150 Å². The number of nitro benzene ring substituents is 1. The number of nitrogens with zero attached hydrogens (tertiary/aromatic N) is 8. The summed E-state index contributed by atoms with van der Waals surface area (Å²) in [6, 6.07) is 24.0. The summed E-state index contributed by atoms with van der Waals surface area (Å²) >= 11 is 0. The Morgan fingerprint density at radius 3 is 2.46 bits per heavy atom. The number of hydrogen-bond donors (Lipinski definition) is 4. The summed E-state index contributed by atoms with van der Waals surface area (Å²) in [5.41, 5.74) is 4.18. The van der Waals surface area contributed by atoms with Gasteiger partial charge in [-0.3, -0.25) is 24.7 Å². The fraction of sp³-hybridized carbons (Fsp3) is 0.530. The van der Waals surface area contributed by atoms with Crippen molar-refractivity contribution in [1.29, 1.82) is 0 Å². The summed E-state index contributed by atoms with van der Waals surface area (Å²) < 4.78 is 61.6. The second kappa shape index (κ2) is 24.8. The normalized spacial score (nSPS) is 25.6. The van der Waals surface area contributed by atoms with Gasteiger partial charge in [-0.1, -0.05) is 25.1 Å². The number of morpholine rings is 1. The topological polar surface area (TPSA) is 243 Å². The first-order valence-corrected chi connectivity index (χ1v) is 33.2. The van der Waals surface area contributed by atoms with Crippen molar-refractivity contribution in [2.45, 2.75) is 126 Å². The van der Waals surface area contributed by atoms with Crippen LogP contribution in [-0.4, -0.2) is 165 Å². The van der Waals surface area contributed by atoms with Crippen molar-refractivity contribution in [3.05, 3.63) is 118 Å². The minimum absolute atomic E-state index is 0.0179. The first-order chi connectivity index (χ1) is 42.9. The van der Waals surface area contributed by atoms with E-state index in [-0.39, 0.29) is 47.4 Å². The van der Waals surface area contributed by atoms with Crippen LogP contribution in [0.4, 0.5) is 34.3 Å². The van der Waals surface area contributed by atoms with Gasteiger partial charge in [0, 0.05) is 107 Å². The fourth-order valence-corrected chi connectivity index (χ4v) is 16.1. The number of sulfonamides is 1. The molecule has 89 heavy (non-hydrogen) atoms.